The van der Waals surface area contributed by atoms with Crippen molar-refractivity contribution in [3.05, 3.63) is 65.0 Å². The van der Waals surface area contributed by atoms with Crippen LogP contribution in [0.3, 0.4) is 0 Å². The fraction of sp³-hybridized carbons (Fsp3) is 0.286. The number of fused-ring (bicyclic) bond motifs is 1. The van der Waals surface area contributed by atoms with E-state index in [2.05, 4.69) is 28.3 Å². The third kappa shape index (κ3) is 3.43. The topological polar surface area (TPSA) is 66.9 Å². The summed E-state index contributed by atoms with van der Waals surface area (Å²) in [6, 6.07) is 9.62. The zero-order chi connectivity index (χ0) is 19.7. The van der Waals surface area contributed by atoms with E-state index in [1.807, 2.05) is 31.2 Å². The van der Waals surface area contributed by atoms with Crippen molar-refractivity contribution in [2.75, 3.05) is 6.61 Å². The first kappa shape index (κ1) is 18.0. The number of hydrogen-bond donors (Lipinski definition) is 0. The molecule has 3 aromatic heterocycles. The monoisotopic (exact) mass is 377 g/mol. The van der Waals surface area contributed by atoms with Crippen molar-refractivity contribution in [1.82, 2.24) is 23.9 Å². The van der Waals surface area contributed by atoms with E-state index >= 15 is 0 Å². The molecule has 3 heterocycles. The Labute approximate surface area is 162 Å². The molecule has 0 aliphatic rings. The zero-order valence-electron chi connectivity index (χ0n) is 16.3. The lowest BCUT2D eigenvalue weighted by Crippen LogP contribution is -2.14. The predicted octanol–water partition coefficient (Wildman–Crippen LogP) is 2.68. The van der Waals surface area contributed by atoms with Gasteiger partial charge in [-0.25, -0.2) is 4.98 Å². The van der Waals surface area contributed by atoms with E-state index in [1.54, 1.807) is 34.6 Å². The van der Waals surface area contributed by atoms with Crippen LogP contribution in [0.25, 0.3) is 22.2 Å². The van der Waals surface area contributed by atoms with E-state index in [1.165, 1.54) is 5.56 Å². The molecule has 7 heteroatoms. The first-order valence-corrected chi connectivity index (χ1v) is 9.25. The molecule has 4 aromatic rings. The number of pyridine rings is 1. The van der Waals surface area contributed by atoms with Crippen molar-refractivity contribution in [1.29, 1.82) is 0 Å². The summed E-state index contributed by atoms with van der Waals surface area (Å²) in [7, 11) is 5.60. The maximum Gasteiger partial charge on any atom is 0.250 e. The number of aromatic nitrogens is 5. The van der Waals surface area contributed by atoms with E-state index in [4.69, 9.17) is 4.74 Å². The van der Waals surface area contributed by atoms with E-state index < -0.39 is 0 Å². The van der Waals surface area contributed by atoms with Gasteiger partial charge in [-0.05, 0) is 30.5 Å². The van der Waals surface area contributed by atoms with Gasteiger partial charge in [0.25, 0.3) is 0 Å². The maximum atomic E-state index is 11.6. The maximum absolute atomic E-state index is 11.6. The van der Waals surface area contributed by atoms with Crippen LogP contribution in [0.1, 0.15) is 12.0 Å². The van der Waals surface area contributed by atoms with Gasteiger partial charge in [0.05, 0.1) is 29.5 Å². The van der Waals surface area contributed by atoms with E-state index in [0.717, 1.165) is 35.0 Å². The molecule has 0 spiro atoms. The Morgan fingerprint density at radius 2 is 1.89 bits per heavy atom. The minimum atomic E-state index is -0.0428. The van der Waals surface area contributed by atoms with Crippen molar-refractivity contribution < 1.29 is 4.74 Å². The van der Waals surface area contributed by atoms with Gasteiger partial charge in [-0.3, -0.25) is 9.48 Å². The molecule has 4 rings (SSSR count). The van der Waals surface area contributed by atoms with Crippen molar-refractivity contribution in [2.24, 2.45) is 21.1 Å². The molecule has 0 bridgehead atoms. The highest BCUT2D eigenvalue weighted by atomic mass is 16.5. The number of ether oxygens (including phenoxy) is 1. The Kier molecular flexibility index (Phi) is 4.73. The Bertz CT molecular complexity index is 1190. The molecule has 0 aliphatic heterocycles. The van der Waals surface area contributed by atoms with Gasteiger partial charge >= 0.3 is 0 Å². The molecule has 0 N–H and O–H groups in total. The molecule has 28 heavy (non-hydrogen) atoms. The fourth-order valence-electron chi connectivity index (χ4n) is 3.38. The lowest BCUT2D eigenvalue weighted by Gasteiger charge is -2.07. The molecule has 0 saturated heterocycles. The summed E-state index contributed by atoms with van der Waals surface area (Å²) in [6.45, 7) is 0.555. The van der Waals surface area contributed by atoms with E-state index in [-0.39, 0.29) is 5.56 Å². The Balaban J connectivity index is 1.45. The fourth-order valence-corrected chi connectivity index (χ4v) is 3.38. The van der Waals surface area contributed by atoms with Gasteiger partial charge in [0, 0.05) is 45.2 Å². The van der Waals surface area contributed by atoms with Gasteiger partial charge in [0.1, 0.15) is 0 Å². The summed E-state index contributed by atoms with van der Waals surface area (Å²) in [6.07, 6.45) is 7.30. The number of hydrogen-bond acceptors (Lipinski definition) is 4. The second-order valence-corrected chi connectivity index (χ2v) is 6.98. The first-order valence-electron chi connectivity index (χ1n) is 9.25. The lowest BCUT2D eigenvalue weighted by molar-refractivity contribution is 0.297. The van der Waals surface area contributed by atoms with Crippen LogP contribution in [-0.4, -0.2) is 30.5 Å². The highest BCUT2D eigenvalue weighted by Crippen LogP contribution is 2.28. The van der Waals surface area contributed by atoms with Gasteiger partial charge in [-0.15, -0.1) is 5.10 Å². The summed E-state index contributed by atoms with van der Waals surface area (Å²) in [4.78, 5) is 16.1. The zero-order valence-corrected chi connectivity index (χ0v) is 16.3. The van der Waals surface area contributed by atoms with Crippen LogP contribution in [0, 0.1) is 0 Å². The smallest absolute Gasteiger partial charge is 0.250 e. The van der Waals surface area contributed by atoms with Crippen LogP contribution in [-0.2, 0) is 27.6 Å². The van der Waals surface area contributed by atoms with Crippen LogP contribution in [0.15, 0.2) is 53.8 Å². The molecular formula is C21H23N5O2. The molecule has 0 fully saturated rings. The molecule has 0 amide bonds. The van der Waals surface area contributed by atoms with Crippen molar-refractivity contribution >= 4 is 11.0 Å². The number of imidazole rings is 1. The van der Waals surface area contributed by atoms with Crippen molar-refractivity contribution in [3.63, 3.8) is 0 Å². The van der Waals surface area contributed by atoms with Crippen LogP contribution in [0.5, 0.6) is 5.88 Å². The Morgan fingerprint density at radius 3 is 2.71 bits per heavy atom. The minimum Gasteiger partial charge on any atom is -0.476 e. The minimum absolute atomic E-state index is 0.0428. The van der Waals surface area contributed by atoms with E-state index in [0.29, 0.717) is 12.5 Å². The summed E-state index contributed by atoms with van der Waals surface area (Å²) >= 11 is 0. The molecule has 7 nitrogen and oxygen atoms in total. The number of rotatable bonds is 6. The van der Waals surface area contributed by atoms with Gasteiger partial charge in [-0.1, -0.05) is 12.1 Å². The van der Waals surface area contributed by atoms with Crippen LogP contribution < -0.4 is 10.3 Å². The van der Waals surface area contributed by atoms with Gasteiger partial charge < -0.3 is 13.9 Å². The summed E-state index contributed by atoms with van der Waals surface area (Å²) in [5, 5.41) is 4.43. The predicted molar refractivity (Wildman–Crippen MR) is 108 cm³/mol. The quantitative estimate of drug-likeness (QED) is 0.485. The third-order valence-corrected chi connectivity index (χ3v) is 4.86. The first-order chi connectivity index (χ1) is 13.5. The average Bonchev–Trinajstić information content (AvgIpc) is 3.24. The van der Waals surface area contributed by atoms with E-state index in [9.17, 15) is 4.79 Å². The average molecular weight is 377 g/mol. The summed E-state index contributed by atoms with van der Waals surface area (Å²) in [5.41, 5.74) is 5.15. The Morgan fingerprint density at radius 1 is 1.04 bits per heavy atom. The van der Waals surface area contributed by atoms with Gasteiger partial charge in [0.2, 0.25) is 11.4 Å². The highest BCUT2D eigenvalue weighted by Gasteiger charge is 2.12. The van der Waals surface area contributed by atoms with Crippen LogP contribution in [0.4, 0.5) is 0 Å². The second kappa shape index (κ2) is 7.34. The molecule has 0 radical (unpaired) electrons. The Hall–Kier alpha value is -3.35. The molecule has 1 aromatic carbocycles. The number of benzene rings is 1. The number of para-hydroxylation sites is 1. The molecule has 0 aliphatic carbocycles. The number of nitrogens with zero attached hydrogens (tertiary/aromatic N) is 5. The molecule has 0 atom stereocenters. The van der Waals surface area contributed by atoms with Crippen molar-refractivity contribution in [2.45, 2.75) is 12.8 Å². The lowest BCUT2D eigenvalue weighted by atomic mass is 10.1. The SMILES string of the molecule is Cn1cc(-c2ccc(=O)n(C)c2)c(OCCCc2cccc3c2ncn3C)n1. The highest BCUT2D eigenvalue weighted by molar-refractivity contribution is 5.78. The molecule has 0 unspecified atom stereocenters. The normalized spacial score (nSPS) is 11.2. The molecule has 0 saturated carbocycles. The van der Waals surface area contributed by atoms with Gasteiger partial charge in [-0.2, -0.15) is 0 Å². The van der Waals surface area contributed by atoms with Crippen LogP contribution in [0.2, 0.25) is 0 Å². The summed E-state index contributed by atoms with van der Waals surface area (Å²) in [5.74, 6) is 0.581. The van der Waals surface area contributed by atoms with Crippen LogP contribution >= 0.6 is 0 Å². The summed E-state index contributed by atoms with van der Waals surface area (Å²) < 4.78 is 11.3. The second-order valence-electron chi connectivity index (χ2n) is 6.98. The third-order valence-electron chi connectivity index (χ3n) is 4.86. The van der Waals surface area contributed by atoms with Gasteiger partial charge in [0.15, 0.2) is 0 Å². The number of aryl methyl sites for hydroxylation is 4. The largest absolute Gasteiger partial charge is 0.476 e. The standard InChI is InChI=1S/C21H23N5O2/c1-24-12-16(9-10-19(24)27)17-13-26(3)23-21(17)28-11-5-7-15-6-4-8-18-20(15)22-14-25(18)2/h4,6,8-10,12-14H,5,7,11H2,1-3H3. The molecular weight excluding hydrogens is 354 g/mol. The van der Waals surface area contributed by atoms with Crippen molar-refractivity contribution in [3.8, 4) is 17.0 Å². The molecule has 144 valence electrons.